The molecule has 0 saturated heterocycles. The molecule has 0 fully saturated rings. The second kappa shape index (κ2) is 7.48. The molecular formula is C10H21BrF6N6OP2. The minimum absolute atomic E-state index is 0.269. The molecule has 156 valence electrons. The molecule has 1 heterocycles. The van der Waals surface area contributed by atoms with Crippen LogP contribution in [0.3, 0.4) is 0 Å². The Morgan fingerprint density at radius 2 is 1.31 bits per heavy atom. The molecule has 0 saturated carbocycles. The number of hydrogen-bond donors (Lipinski definition) is 1. The molecule has 1 aromatic heterocycles. The molecule has 1 rings (SSSR count). The Hall–Kier alpha value is -0.520. The molecule has 0 atom stereocenters. The standard InChI is InChI=1S/C10H21BrN6OP.F6P/c1-15(2)19(16(3)4,17(5)6)18-10-13-7-8(11)9(12)14-10;1-7(2,3,4,5)6/h7H,1-6H3,(H2,12,13,14);/q+1;-1. The van der Waals surface area contributed by atoms with E-state index in [1.165, 1.54) is 0 Å². The average molecular weight is 497 g/mol. The van der Waals surface area contributed by atoms with E-state index in [2.05, 4.69) is 25.9 Å². The van der Waals surface area contributed by atoms with Crippen LogP contribution in [-0.4, -0.2) is 66.3 Å². The summed E-state index contributed by atoms with van der Waals surface area (Å²) in [6, 6.07) is 0.269. The van der Waals surface area contributed by atoms with Crippen LogP contribution in [0.25, 0.3) is 0 Å². The molecular weight excluding hydrogens is 476 g/mol. The normalized spacial score (nSPS) is 15.4. The Morgan fingerprint density at radius 1 is 0.962 bits per heavy atom. The molecule has 0 aromatic carbocycles. The van der Waals surface area contributed by atoms with Gasteiger partial charge in [0, 0.05) is 42.3 Å². The van der Waals surface area contributed by atoms with E-state index in [1.54, 1.807) is 6.20 Å². The van der Waals surface area contributed by atoms with Gasteiger partial charge in [0.1, 0.15) is 5.82 Å². The summed E-state index contributed by atoms with van der Waals surface area (Å²) in [5.74, 6) is 0.361. The van der Waals surface area contributed by atoms with Crippen LogP contribution in [0.4, 0.5) is 31.0 Å². The quantitative estimate of drug-likeness (QED) is 0.457. The zero-order chi connectivity index (χ0) is 21.2. The van der Waals surface area contributed by atoms with Crippen LogP contribution in [0.5, 0.6) is 6.01 Å². The zero-order valence-corrected chi connectivity index (χ0v) is 18.2. The monoisotopic (exact) mass is 496 g/mol. The van der Waals surface area contributed by atoms with Gasteiger partial charge in [0.2, 0.25) is 0 Å². The van der Waals surface area contributed by atoms with Gasteiger partial charge in [-0.15, -0.1) is 14.0 Å². The molecule has 2 N–H and O–H groups in total. The van der Waals surface area contributed by atoms with Gasteiger partial charge in [-0.3, -0.25) is 4.52 Å². The Balaban J connectivity index is 0.000000758. The summed E-state index contributed by atoms with van der Waals surface area (Å²) < 4.78 is 72.0. The predicted octanol–water partition coefficient (Wildman–Crippen LogP) is 4.94. The van der Waals surface area contributed by atoms with Crippen LogP contribution in [-0.2, 0) is 0 Å². The van der Waals surface area contributed by atoms with Gasteiger partial charge in [0.05, 0.1) is 10.7 Å². The SMILES string of the molecule is CN(C)[P+](Oc1ncc(Br)c(N)n1)(N(C)C)N(C)C.F[P-](F)(F)(F)(F)F. The van der Waals surface area contributed by atoms with E-state index in [0.29, 0.717) is 10.3 Å². The van der Waals surface area contributed by atoms with Gasteiger partial charge in [-0.05, 0) is 15.9 Å². The molecule has 1 aromatic rings. The van der Waals surface area contributed by atoms with Crippen molar-refractivity contribution in [3.8, 4) is 6.01 Å². The van der Waals surface area contributed by atoms with E-state index in [1.807, 2.05) is 56.3 Å². The van der Waals surface area contributed by atoms with Crippen molar-refractivity contribution >= 4 is 37.5 Å². The fraction of sp³-hybridized carbons (Fsp3) is 0.600. The second-order valence-electron chi connectivity index (χ2n) is 5.49. The Bertz CT molecular complexity index is 597. The van der Waals surface area contributed by atoms with E-state index in [9.17, 15) is 25.2 Å². The van der Waals surface area contributed by atoms with E-state index < -0.39 is 15.8 Å². The van der Waals surface area contributed by atoms with Gasteiger partial charge < -0.3 is 5.73 Å². The molecule has 0 unspecified atom stereocenters. The van der Waals surface area contributed by atoms with Gasteiger partial charge in [-0.2, -0.15) is 9.97 Å². The average Bonchev–Trinajstić information content (AvgIpc) is 2.35. The van der Waals surface area contributed by atoms with E-state index in [-0.39, 0.29) is 6.01 Å². The first kappa shape index (κ1) is 25.5. The number of nitrogens with two attached hydrogens (primary N) is 1. The third-order valence-corrected chi connectivity index (χ3v) is 6.66. The van der Waals surface area contributed by atoms with Crippen molar-refractivity contribution in [1.29, 1.82) is 0 Å². The van der Waals surface area contributed by atoms with Crippen LogP contribution in [0.15, 0.2) is 10.7 Å². The van der Waals surface area contributed by atoms with Gasteiger partial charge in [0.15, 0.2) is 0 Å². The summed E-state index contributed by atoms with van der Waals surface area (Å²) >= 11 is 3.27. The van der Waals surface area contributed by atoms with Crippen molar-refractivity contribution in [1.82, 2.24) is 24.0 Å². The van der Waals surface area contributed by atoms with Crippen molar-refractivity contribution < 1.29 is 29.7 Å². The van der Waals surface area contributed by atoms with Crippen LogP contribution in [0.1, 0.15) is 0 Å². The number of aromatic nitrogens is 2. The van der Waals surface area contributed by atoms with Crippen molar-refractivity contribution in [2.75, 3.05) is 48.0 Å². The van der Waals surface area contributed by atoms with Gasteiger partial charge in [0.25, 0.3) is 0 Å². The Kier molecular flexibility index (Phi) is 7.33. The van der Waals surface area contributed by atoms with E-state index in [4.69, 9.17) is 10.3 Å². The molecule has 0 amide bonds. The summed E-state index contributed by atoms with van der Waals surface area (Å²) in [5, 5.41) is 0. The summed E-state index contributed by atoms with van der Waals surface area (Å²) in [6.07, 6.45) is 1.59. The minimum atomic E-state index is -10.7. The Labute approximate surface area is 156 Å². The number of halogens is 7. The summed E-state index contributed by atoms with van der Waals surface area (Å²) in [7, 11) is -1.01. The molecule has 0 aliphatic heterocycles. The topological polar surface area (TPSA) is 70.7 Å². The molecule has 0 spiro atoms. The van der Waals surface area contributed by atoms with E-state index in [0.717, 1.165) is 0 Å². The zero-order valence-electron chi connectivity index (χ0n) is 14.8. The summed E-state index contributed by atoms with van der Waals surface area (Å²) in [4.78, 5) is 8.31. The molecule has 0 bridgehead atoms. The molecule has 26 heavy (non-hydrogen) atoms. The predicted molar refractivity (Wildman–Crippen MR) is 96.3 cm³/mol. The van der Waals surface area contributed by atoms with Gasteiger partial charge >= 0.3 is 46.9 Å². The maximum absolute atomic E-state index is 10.7. The van der Waals surface area contributed by atoms with Crippen LogP contribution < -0.4 is 10.3 Å². The molecule has 16 heteroatoms. The molecule has 0 aliphatic carbocycles. The fourth-order valence-electron chi connectivity index (χ4n) is 1.84. The molecule has 0 aliphatic rings. The maximum atomic E-state index is 9.87. The number of nitrogens with zero attached hydrogens (tertiary/aromatic N) is 5. The second-order valence-corrected chi connectivity index (χ2v) is 11.9. The van der Waals surface area contributed by atoms with Crippen molar-refractivity contribution in [3.05, 3.63) is 10.7 Å². The first-order valence-electron chi connectivity index (χ1n) is 6.63. The van der Waals surface area contributed by atoms with Gasteiger partial charge in [-0.25, -0.2) is 0 Å². The third-order valence-electron chi connectivity index (χ3n) is 2.52. The van der Waals surface area contributed by atoms with Crippen LogP contribution >= 0.6 is 31.7 Å². The summed E-state index contributed by atoms with van der Waals surface area (Å²) in [5.41, 5.74) is 5.76. The number of nitrogen functional groups attached to an aromatic ring is 1. The van der Waals surface area contributed by atoms with Crippen molar-refractivity contribution in [2.45, 2.75) is 0 Å². The number of rotatable bonds is 5. The van der Waals surface area contributed by atoms with Crippen LogP contribution in [0, 0.1) is 0 Å². The summed E-state index contributed by atoms with van der Waals surface area (Å²) in [6.45, 7) is 0. The number of anilines is 1. The Morgan fingerprint density at radius 3 is 1.58 bits per heavy atom. The van der Waals surface area contributed by atoms with Crippen molar-refractivity contribution in [2.24, 2.45) is 0 Å². The number of hydrogen-bond acceptors (Lipinski definition) is 7. The molecule has 7 nitrogen and oxygen atoms in total. The first-order chi connectivity index (χ1) is 11.2. The van der Waals surface area contributed by atoms with Crippen LogP contribution in [0.2, 0.25) is 0 Å². The van der Waals surface area contributed by atoms with E-state index >= 15 is 0 Å². The first-order valence-corrected chi connectivity index (χ1v) is 11.0. The van der Waals surface area contributed by atoms with Gasteiger partial charge in [-0.1, -0.05) is 0 Å². The third kappa shape index (κ3) is 9.43. The fourth-order valence-corrected chi connectivity index (χ4v) is 4.97. The molecule has 0 radical (unpaired) electrons. The van der Waals surface area contributed by atoms with Crippen molar-refractivity contribution in [3.63, 3.8) is 0 Å².